The number of fused-ring (bicyclic) bond motifs is 2. The minimum Gasteiger partial charge on any atom is -0.469 e. The molecule has 20 heavy (non-hydrogen) atoms. The first-order valence-corrected chi connectivity index (χ1v) is 7.54. The first-order chi connectivity index (χ1) is 9.60. The molecule has 1 aromatic carbocycles. The Kier molecular flexibility index (Phi) is 3.93. The molecule has 1 aromatic rings. The molecule has 0 radical (unpaired) electrons. The third-order valence-corrected chi connectivity index (χ3v) is 5.08. The lowest BCUT2D eigenvalue weighted by Crippen LogP contribution is -2.39. The zero-order chi connectivity index (χ0) is 14.3. The molecule has 2 aliphatic heterocycles. The quantitative estimate of drug-likeness (QED) is 0.778. The average Bonchev–Trinajstić information content (AvgIpc) is 2.82. The lowest BCUT2D eigenvalue weighted by Gasteiger charge is -2.35. The van der Waals surface area contributed by atoms with Crippen molar-refractivity contribution in [1.82, 2.24) is 0 Å². The molecular formula is C15H16Cl2O3. The Balaban J connectivity index is 1.96. The van der Waals surface area contributed by atoms with Crippen LogP contribution in [0.5, 0.6) is 0 Å². The van der Waals surface area contributed by atoms with Gasteiger partial charge in [0.05, 0.1) is 35.3 Å². The Labute approximate surface area is 128 Å². The van der Waals surface area contributed by atoms with Crippen LogP contribution in [0.1, 0.15) is 30.7 Å². The summed E-state index contributed by atoms with van der Waals surface area (Å²) in [4.78, 5) is 12.1. The monoisotopic (exact) mass is 314 g/mol. The maximum atomic E-state index is 12.1. The van der Waals surface area contributed by atoms with Gasteiger partial charge in [0.1, 0.15) is 0 Å². The lowest BCUT2D eigenvalue weighted by molar-refractivity contribution is -0.156. The van der Waals surface area contributed by atoms with Gasteiger partial charge in [-0.05, 0) is 37.0 Å². The fourth-order valence-corrected chi connectivity index (χ4v) is 3.71. The zero-order valence-corrected chi connectivity index (χ0v) is 12.7. The van der Waals surface area contributed by atoms with Crippen molar-refractivity contribution in [3.05, 3.63) is 33.8 Å². The van der Waals surface area contributed by atoms with Gasteiger partial charge in [0.25, 0.3) is 0 Å². The SMILES string of the molecule is COC(=O)[C@H]1C(c2ccc(Cl)c(Cl)c2)CC2CC[C@@H]1O2. The van der Waals surface area contributed by atoms with Gasteiger partial charge < -0.3 is 9.47 Å². The summed E-state index contributed by atoms with van der Waals surface area (Å²) in [5.41, 5.74) is 1.04. The van der Waals surface area contributed by atoms with E-state index in [2.05, 4.69) is 0 Å². The molecule has 0 saturated carbocycles. The van der Waals surface area contributed by atoms with E-state index in [9.17, 15) is 4.79 Å². The predicted molar refractivity (Wildman–Crippen MR) is 77.2 cm³/mol. The van der Waals surface area contributed by atoms with E-state index in [1.54, 1.807) is 6.07 Å². The maximum absolute atomic E-state index is 12.1. The first kappa shape index (κ1) is 14.2. The van der Waals surface area contributed by atoms with E-state index in [0.717, 1.165) is 24.8 Å². The number of carbonyl (C=O) groups excluding carboxylic acids is 1. The summed E-state index contributed by atoms with van der Waals surface area (Å²) in [5, 5.41) is 1.05. The molecule has 0 spiro atoms. The van der Waals surface area contributed by atoms with Crippen molar-refractivity contribution < 1.29 is 14.3 Å². The number of benzene rings is 1. The number of esters is 1. The Morgan fingerprint density at radius 3 is 2.80 bits per heavy atom. The molecule has 108 valence electrons. The molecule has 3 rings (SSSR count). The molecule has 0 aromatic heterocycles. The molecule has 2 unspecified atom stereocenters. The van der Waals surface area contributed by atoms with Gasteiger partial charge in [0.2, 0.25) is 0 Å². The van der Waals surface area contributed by atoms with E-state index in [4.69, 9.17) is 32.7 Å². The smallest absolute Gasteiger partial charge is 0.311 e. The van der Waals surface area contributed by atoms with Crippen LogP contribution < -0.4 is 0 Å². The normalized spacial score (nSPS) is 32.1. The van der Waals surface area contributed by atoms with Gasteiger partial charge in [-0.15, -0.1) is 0 Å². The van der Waals surface area contributed by atoms with Crippen LogP contribution in [-0.4, -0.2) is 25.3 Å². The number of rotatable bonds is 2. The van der Waals surface area contributed by atoms with Gasteiger partial charge in [-0.3, -0.25) is 4.79 Å². The standard InChI is InChI=1S/C15H16Cl2O3/c1-19-15(18)14-10(7-9-3-5-13(14)20-9)8-2-4-11(16)12(17)6-8/h2,4,6,9-10,13-14H,3,5,7H2,1H3/t9?,10?,13-,14-/m0/s1. The number of halogens is 2. The minimum atomic E-state index is -0.254. The summed E-state index contributed by atoms with van der Waals surface area (Å²) in [6.07, 6.45) is 2.95. The fraction of sp³-hybridized carbons (Fsp3) is 0.533. The summed E-state index contributed by atoms with van der Waals surface area (Å²) < 4.78 is 10.8. The van der Waals surface area contributed by atoms with E-state index in [1.165, 1.54) is 7.11 Å². The van der Waals surface area contributed by atoms with Crippen LogP contribution in [-0.2, 0) is 14.3 Å². The Bertz CT molecular complexity index is 532. The van der Waals surface area contributed by atoms with Gasteiger partial charge >= 0.3 is 5.97 Å². The number of methoxy groups -OCH3 is 1. The van der Waals surface area contributed by atoms with E-state index in [-0.39, 0.29) is 30.0 Å². The van der Waals surface area contributed by atoms with Crippen LogP contribution in [0.15, 0.2) is 18.2 Å². The predicted octanol–water partition coefficient (Wildman–Crippen LogP) is 3.82. The van der Waals surface area contributed by atoms with Gasteiger partial charge in [-0.25, -0.2) is 0 Å². The second-order valence-electron chi connectivity index (χ2n) is 5.44. The Morgan fingerprint density at radius 2 is 2.10 bits per heavy atom. The molecule has 0 N–H and O–H groups in total. The Hall–Kier alpha value is -0.770. The van der Waals surface area contributed by atoms with Gasteiger partial charge in [-0.2, -0.15) is 0 Å². The van der Waals surface area contributed by atoms with E-state index >= 15 is 0 Å². The lowest BCUT2D eigenvalue weighted by atomic mass is 9.79. The zero-order valence-electron chi connectivity index (χ0n) is 11.1. The van der Waals surface area contributed by atoms with E-state index in [1.807, 2.05) is 12.1 Å². The average molecular weight is 315 g/mol. The van der Waals surface area contributed by atoms with E-state index < -0.39 is 0 Å². The van der Waals surface area contributed by atoms with Crippen LogP contribution in [0.3, 0.4) is 0 Å². The largest absolute Gasteiger partial charge is 0.469 e. The summed E-state index contributed by atoms with van der Waals surface area (Å²) in [7, 11) is 1.43. The van der Waals surface area contributed by atoms with Crippen molar-refractivity contribution in [3.8, 4) is 0 Å². The third kappa shape index (κ3) is 2.43. The van der Waals surface area contributed by atoms with Gasteiger partial charge in [0.15, 0.2) is 0 Å². The number of hydrogen-bond acceptors (Lipinski definition) is 3. The summed E-state index contributed by atoms with van der Waals surface area (Å²) in [6, 6.07) is 5.58. The third-order valence-electron chi connectivity index (χ3n) is 4.34. The van der Waals surface area contributed by atoms with Crippen LogP contribution in [0, 0.1) is 5.92 Å². The molecule has 2 heterocycles. The highest BCUT2D eigenvalue weighted by molar-refractivity contribution is 6.42. The second-order valence-corrected chi connectivity index (χ2v) is 6.25. The maximum Gasteiger partial charge on any atom is 0.311 e. The molecule has 0 aliphatic carbocycles. The second kappa shape index (κ2) is 5.55. The van der Waals surface area contributed by atoms with Gasteiger partial charge in [0, 0.05) is 5.92 Å². The molecular weight excluding hydrogens is 299 g/mol. The Morgan fingerprint density at radius 1 is 1.30 bits per heavy atom. The summed E-state index contributed by atoms with van der Waals surface area (Å²) >= 11 is 12.1. The van der Waals surface area contributed by atoms with Crippen LogP contribution in [0.2, 0.25) is 10.0 Å². The molecule has 2 aliphatic rings. The molecule has 4 atom stereocenters. The highest BCUT2D eigenvalue weighted by Crippen LogP contribution is 2.46. The van der Waals surface area contributed by atoms with Crippen molar-refractivity contribution in [2.24, 2.45) is 5.92 Å². The highest BCUT2D eigenvalue weighted by atomic mass is 35.5. The van der Waals surface area contributed by atoms with Crippen LogP contribution in [0.25, 0.3) is 0 Å². The minimum absolute atomic E-state index is 0.0411. The topological polar surface area (TPSA) is 35.5 Å². The molecule has 3 nitrogen and oxygen atoms in total. The van der Waals surface area contributed by atoms with Crippen molar-refractivity contribution in [1.29, 1.82) is 0 Å². The van der Waals surface area contributed by atoms with E-state index in [0.29, 0.717) is 10.0 Å². The molecule has 5 heteroatoms. The van der Waals surface area contributed by atoms with Gasteiger partial charge in [-0.1, -0.05) is 29.3 Å². The molecule has 2 fully saturated rings. The van der Waals surface area contributed by atoms with Crippen molar-refractivity contribution in [2.75, 3.05) is 7.11 Å². The molecule has 2 saturated heterocycles. The van der Waals surface area contributed by atoms with Crippen molar-refractivity contribution in [2.45, 2.75) is 37.4 Å². The van der Waals surface area contributed by atoms with Crippen LogP contribution >= 0.6 is 23.2 Å². The van der Waals surface area contributed by atoms with Crippen molar-refractivity contribution >= 4 is 29.2 Å². The summed E-state index contributed by atoms with van der Waals surface area (Å²) in [6.45, 7) is 0. The first-order valence-electron chi connectivity index (χ1n) is 6.78. The number of ether oxygens (including phenoxy) is 2. The highest BCUT2D eigenvalue weighted by Gasteiger charge is 2.47. The van der Waals surface area contributed by atoms with Crippen molar-refractivity contribution in [3.63, 3.8) is 0 Å². The summed E-state index contributed by atoms with van der Waals surface area (Å²) in [5.74, 6) is -0.370. The molecule has 2 bridgehead atoms. The number of hydrogen-bond donors (Lipinski definition) is 0. The molecule has 0 amide bonds. The fourth-order valence-electron chi connectivity index (χ4n) is 3.40. The number of carbonyl (C=O) groups is 1. The van der Waals surface area contributed by atoms with Crippen LogP contribution in [0.4, 0.5) is 0 Å².